The molecule has 5 aromatic rings. The van der Waals surface area contributed by atoms with E-state index < -0.39 is 18.3 Å². The molecule has 0 spiro atoms. The molecule has 0 aliphatic heterocycles. The van der Waals surface area contributed by atoms with Crippen molar-refractivity contribution >= 4 is 75.1 Å². The van der Waals surface area contributed by atoms with Crippen molar-refractivity contribution in [3.8, 4) is 0 Å². The summed E-state index contributed by atoms with van der Waals surface area (Å²) in [6.45, 7) is 24.2. The van der Waals surface area contributed by atoms with Gasteiger partial charge in [0, 0.05) is 54.2 Å². The zero-order valence-electron chi connectivity index (χ0n) is 40.5. The molecular formula is C55H70Cl5NO5. The second kappa shape index (κ2) is 30.1. The summed E-state index contributed by atoms with van der Waals surface area (Å²) in [4.78, 5) is 22.3. The van der Waals surface area contributed by atoms with Crippen molar-refractivity contribution in [3.63, 3.8) is 0 Å². The Labute approximate surface area is 420 Å². The van der Waals surface area contributed by atoms with Crippen LogP contribution in [-0.2, 0) is 0 Å². The molecule has 0 aromatic heterocycles. The predicted octanol–water partition coefficient (Wildman–Crippen LogP) is 16.2. The van der Waals surface area contributed by atoms with Crippen LogP contribution in [0, 0.1) is 11.3 Å². The van der Waals surface area contributed by atoms with Crippen LogP contribution < -0.4 is 5.32 Å². The molecule has 0 saturated carbocycles. The standard InChI is InChI=1S/C14H21ClO.C13H20ClNO.C10H11Cl.C9H9ClO2.C9H9ClO/c1-10(9-14(2,3)4)13(16)11-6-5-7-12(15)8-11;1-9(15-13(2,3)4)12(16)10-6-5-7-11(14)8-10;1-3-8(2)9-5-4-6-10(11)7-9;1-6(11)9(12)7-3-2-4-8(10)5-7;1-2-9(11)7-4-3-5-8(10)6-7/h5-8,10,13,16H,9H2,1-4H3;5-9,12,15-16H,1-4H3;3-7H,1-2H3;2-6,11H,1H3;3-6H,2H2,1H3/b;;8-3+;;/t10-,13+;9-,12-;;6-;/m01.0./s1. The van der Waals surface area contributed by atoms with Gasteiger partial charge in [-0.3, -0.25) is 9.59 Å². The van der Waals surface area contributed by atoms with Crippen molar-refractivity contribution in [2.24, 2.45) is 11.3 Å². The lowest BCUT2D eigenvalue weighted by Crippen LogP contribution is -2.44. The summed E-state index contributed by atoms with van der Waals surface area (Å²) in [5.74, 6) is 0.0588. The lowest BCUT2D eigenvalue weighted by Gasteiger charge is -2.29. The van der Waals surface area contributed by atoms with Gasteiger partial charge in [0.05, 0.1) is 12.2 Å². The van der Waals surface area contributed by atoms with Gasteiger partial charge in [-0.2, -0.15) is 0 Å². The Kier molecular flexibility index (Phi) is 27.6. The van der Waals surface area contributed by atoms with E-state index in [4.69, 9.17) is 63.1 Å². The monoisotopic (exact) mass is 999 g/mol. The molecule has 6 nitrogen and oxygen atoms in total. The van der Waals surface area contributed by atoms with E-state index in [1.165, 1.54) is 24.1 Å². The third-order valence-electron chi connectivity index (χ3n) is 9.66. The molecular weight excluding hydrogens is 932 g/mol. The summed E-state index contributed by atoms with van der Waals surface area (Å²) in [6, 6.07) is 36.2. The van der Waals surface area contributed by atoms with Gasteiger partial charge in [0.1, 0.15) is 6.10 Å². The maximum Gasteiger partial charge on any atom is 0.191 e. The first-order valence-electron chi connectivity index (χ1n) is 22.0. The number of rotatable bonds is 11. The number of aliphatic hydroxyl groups is 3. The Morgan fingerprint density at radius 3 is 1.35 bits per heavy atom. The minimum absolute atomic E-state index is 0.0149. The third-order valence-corrected chi connectivity index (χ3v) is 10.8. The summed E-state index contributed by atoms with van der Waals surface area (Å²) in [6.07, 6.45) is 1.64. The van der Waals surface area contributed by atoms with Crippen LogP contribution in [0.15, 0.2) is 127 Å². The van der Waals surface area contributed by atoms with Gasteiger partial charge in [0.15, 0.2) is 11.6 Å². The molecule has 0 aliphatic carbocycles. The van der Waals surface area contributed by atoms with Crippen LogP contribution in [0.3, 0.4) is 0 Å². The fourth-order valence-corrected chi connectivity index (χ4v) is 7.46. The number of carbonyl (C=O) groups is 2. The molecule has 0 aliphatic rings. The van der Waals surface area contributed by atoms with Gasteiger partial charge in [-0.25, -0.2) is 0 Å². The molecule has 0 unspecified atom stereocenters. The first kappa shape index (κ1) is 60.5. The second-order valence-electron chi connectivity index (χ2n) is 18.2. The van der Waals surface area contributed by atoms with Crippen LogP contribution >= 0.6 is 58.0 Å². The molecule has 5 atom stereocenters. The fraction of sp³-hybridized carbons (Fsp3) is 0.382. The van der Waals surface area contributed by atoms with Crippen molar-refractivity contribution in [3.05, 3.63) is 180 Å². The smallest absolute Gasteiger partial charge is 0.191 e. The van der Waals surface area contributed by atoms with Gasteiger partial charge in [0.25, 0.3) is 0 Å². The molecule has 0 bridgehead atoms. The normalized spacial score (nSPS) is 13.5. The van der Waals surface area contributed by atoms with Gasteiger partial charge in [0.2, 0.25) is 0 Å². The Bertz CT molecular complexity index is 2190. The second-order valence-corrected chi connectivity index (χ2v) is 20.4. The zero-order chi connectivity index (χ0) is 50.4. The predicted molar refractivity (Wildman–Crippen MR) is 283 cm³/mol. The summed E-state index contributed by atoms with van der Waals surface area (Å²) >= 11 is 29.0. The number of aliphatic hydroxyl groups excluding tert-OH is 3. The van der Waals surface area contributed by atoms with E-state index in [0.717, 1.165) is 22.6 Å². The maximum atomic E-state index is 11.2. The van der Waals surface area contributed by atoms with E-state index in [1.54, 1.807) is 54.6 Å². The molecule has 0 saturated heterocycles. The van der Waals surface area contributed by atoms with Crippen LogP contribution in [0.5, 0.6) is 0 Å². The number of allylic oxidation sites excluding steroid dienone is 2. The van der Waals surface area contributed by atoms with E-state index >= 15 is 0 Å². The number of benzene rings is 5. The Balaban J connectivity index is 0.000000417. The number of carbonyl (C=O) groups excluding carboxylic acids is 2. The Morgan fingerprint density at radius 1 is 0.591 bits per heavy atom. The molecule has 0 radical (unpaired) electrons. The van der Waals surface area contributed by atoms with E-state index in [0.29, 0.717) is 37.6 Å². The van der Waals surface area contributed by atoms with E-state index in [9.17, 15) is 19.8 Å². The van der Waals surface area contributed by atoms with Crippen molar-refractivity contribution in [1.82, 2.24) is 5.32 Å². The zero-order valence-corrected chi connectivity index (χ0v) is 44.3. The number of halogens is 5. The molecule has 0 heterocycles. The third kappa shape index (κ3) is 25.0. The van der Waals surface area contributed by atoms with Crippen LogP contribution in [0.25, 0.3) is 5.57 Å². The van der Waals surface area contributed by atoms with Crippen LogP contribution in [0.4, 0.5) is 0 Å². The van der Waals surface area contributed by atoms with E-state index in [1.807, 2.05) is 75.4 Å². The molecule has 360 valence electrons. The maximum absolute atomic E-state index is 11.2. The largest absolute Gasteiger partial charge is 0.388 e. The Morgan fingerprint density at radius 2 is 0.970 bits per heavy atom. The highest BCUT2D eigenvalue weighted by Gasteiger charge is 2.23. The average Bonchev–Trinajstić information content (AvgIpc) is 3.24. The average molecular weight is 1000 g/mol. The Hall–Kier alpha value is -3.53. The van der Waals surface area contributed by atoms with Crippen molar-refractivity contribution < 1.29 is 24.9 Å². The number of hydrogen-bond acceptors (Lipinski definition) is 6. The fourth-order valence-electron chi connectivity index (χ4n) is 6.49. The highest BCUT2D eigenvalue weighted by molar-refractivity contribution is 6.32. The van der Waals surface area contributed by atoms with Crippen LogP contribution in [-0.4, -0.2) is 44.6 Å². The van der Waals surface area contributed by atoms with Crippen LogP contribution in [0.2, 0.25) is 25.1 Å². The van der Waals surface area contributed by atoms with Gasteiger partial charge in [-0.05, 0) is 149 Å². The molecule has 4 N–H and O–H groups in total. The lowest BCUT2D eigenvalue weighted by atomic mass is 9.81. The SMILES string of the molecule is C/C=C(\C)c1cccc(Cl)c1.CCC(=O)c1cccc(Cl)c1.C[C@@H](CC(C)(C)C)[C@@H](O)c1cccc(Cl)c1.C[C@@H](NC(C)(C)C)[C@@H](O)c1cccc(Cl)c1.C[C@H](O)C(=O)c1cccc(Cl)c1. The quantitative estimate of drug-likeness (QED) is 0.0982. The van der Waals surface area contributed by atoms with Crippen molar-refractivity contribution in [1.29, 1.82) is 0 Å². The van der Waals surface area contributed by atoms with E-state index in [2.05, 4.69) is 72.8 Å². The van der Waals surface area contributed by atoms with Crippen molar-refractivity contribution in [2.75, 3.05) is 0 Å². The van der Waals surface area contributed by atoms with E-state index in [-0.39, 0.29) is 34.5 Å². The van der Waals surface area contributed by atoms with Gasteiger partial charge in [-0.1, -0.05) is 159 Å². The minimum Gasteiger partial charge on any atom is -0.388 e. The molecule has 5 aromatic carbocycles. The minimum atomic E-state index is -0.969. The number of nitrogens with one attached hydrogen (secondary N) is 1. The lowest BCUT2D eigenvalue weighted by molar-refractivity contribution is 0.0779. The highest BCUT2D eigenvalue weighted by Crippen LogP contribution is 2.33. The van der Waals surface area contributed by atoms with Crippen LogP contribution in [0.1, 0.15) is 146 Å². The molecule has 0 amide bonds. The first-order chi connectivity index (χ1) is 30.7. The topological polar surface area (TPSA) is 107 Å². The highest BCUT2D eigenvalue weighted by atomic mass is 35.5. The molecule has 66 heavy (non-hydrogen) atoms. The van der Waals surface area contributed by atoms with Gasteiger partial charge in [-0.15, -0.1) is 0 Å². The number of ketones is 2. The summed E-state index contributed by atoms with van der Waals surface area (Å²) in [5, 5.41) is 35.9. The summed E-state index contributed by atoms with van der Waals surface area (Å²) < 4.78 is 0. The first-order valence-corrected chi connectivity index (χ1v) is 23.9. The number of Topliss-reactive ketones (excluding diaryl/α,β-unsaturated/α-hetero) is 2. The summed E-state index contributed by atoms with van der Waals surface area (Å²) in [5.41, 5.74) is 5.56. The van der Waals surface area contributed by atoms with Crippen molar-refractivity contribution in [2.45, 2.75) is 126 Å². The molecule has 5 rings (SSSR count). The molecule has 11 heteroatoms. The summed E-state index contributed by atoms with van der Waals surface area (Å²) in [7, 11) is 0. The van der Waals surface area contributed by atoms with Gasteiger partial charge < -0.3 is 20.6 Å². The molecule has 0 fully saturated rings. The number of hydrogen-bond donors (Lipinski definition) is 4. The van der Waals surface area contributed by atoms with Gasteiger partial charge >= 0.3 is 0 Å².